The van der Waals surface area contributed by atoms with Gasteiger partial charge in [-0.15, -0.1) is 5.10 Å². The van der Waals surface area contributed by atoms with Crippen molar-refractivity contribution in [1.29, 1.82) is 0 Å². The van der Waals surface area contributed by atoms with E-state index in [1.54, 1.807) is 6.92 Å². The van der Waals surface area contributed by atoms with Gasteiger partial charge in [-0.25, -0.2) is 9.78 Å². The fourth-order valence-corrected chi connectivity index (χ4v) is 1.24. The number of hydrogen-bond acceptors (Lipinski definition) is 5. The van der Waals surface area contributed by atoms with Gasteiger partial charge in [0.15, 0.2) is 0 Å². The molecule has 0 saturated heterocycles. The first kappa shape index (κ1) is 13.8. The number of aryl methyl sites for hydroxylation is 1. The molecule has 2 aromatic rings. The summed E-state index contributed by atoms with van der Waals surface area (Å²) in [6.45, 7) is 1.42. The fourth-order valence-electron chi connectivity index (χ4n) is 1.24. The van der Waals surface area contributed by atoms with Crippen LogP contribution in [0.3, 0.4) is 0 Å². The lowest BCUT2D eigenvalue weighted by Crippen LogP contribution is -2.28. The van der Waals surface area contributed by atoms with Gasteiger partial charge < -0.3 is 9.84 Å². The maximum absolute atomic E-state index is 12.2. The molecule has 0 unspecified atom stereocenters. The lowest BCUT2D eigenvalue weighted by Gasteiger charge is -2.02. The summed E-state index contributed by atoms with van der Waals surface area (Å²) in [5, 5.41) is 13.2. The van der Waals surface area contributed by atoms with Gasteiger partial charge in [-0.1, -0.05) is 5.16 Å². The first-order chi connectivity index (χ1) is 9.34. The molecule has 0 aliphatic carbocycles. The van der Waals surface area contributed by atoms with Crippen molar-refractivity contribution >= 4 is 11.9 Å². The summed E-state index contributed by atoms with van der Waals surface area (Å²) in [4.78, 5) is 14.6. The van der Waals surface area contributed by atoms with Crippen LogP contribution in [0.5, 0.6) is 0 Å². The SMILES string of the molecule is Cc1cc(NC(=O)NCc2nc(C(F)(F)F)n[nH]2)on1. The van der Waals surface area contributed by atoms with E-state index in [9.17, 15) is 18.0 Å². The normalized spacial score (nSPS) is 11.4. The molecule has 2 aromatic heterocycles. The predicted octanol–water partition coefficient (Wildman–Crippen LogP) is 1.44. The van der Waals surface area contributed by atoms with Gasteiger partial charge >= 0.3 is 12.2 Å². The molecule has 2 heterocycles. The van der Waals surface area contributed by atoms with Gasteiger partial charge in [0.2, 0.25) is 5.88 Å². The molecule has 8 nitrogen and oxygen atoms in total. The average molecular weight is 290 g/mol. The number of urea groups is 1. The van der Waals surface area contributed by atoms with E-state index < -0.39 is 18.0 Å². The number of carbonyl (C=O) groups excluding carboxylic acids is 1. The highest BCUT2D eigenvalue weighted by Crippen LogP contribution is 2.25. The number of rotatable bonds is 3. The molecule has 2 amide bonds. The lowest BCUT2D eigenvalue weighted by atomic mass is 10.5. The molecule has 0 fully saturated rings. The second kappa shape index (κ2) is 5.19. The number of halogens is 3. The molecule has 108 valence electrons. The number of carbonyl (C=O) groups is 1. The fraction of sp³-hybridized carbons (Fsp3) is 0.333. The van der Waals surface area contributed by atoms with Gasteiger partial charge in [-0.3, -0.25) is 10.4 Å². The van der Waals surface area contributed by atoms with Crippen molar-refractivity contribution in [1.82, 2.24) is 25.7 Å². The summed E-state index contributed by atoms with van der Waals surface area (Å²) >= 11 is 0. The molecule has 0 atom stereocenters. The topological polar surface area (TPSA) is 109 Å². The Kier molecular flexibility index (Phi) is 3.59. The van der Waals surface area contributed by atoms with Crippen LogP contribution in [-0.4, -0.2) is 26.4 Å². The van der Waals surface area contributed by atoms with Crippen LogP contribution in [0.15, 0.2) is 10.6 Å². The van der Waals surface area contributed by atoms with E-state index in [4.69, 9.17) is 4.52 Å². The summed E-state index contributed by atoms with van der Waals surface area (Å²) < 4.78 is 41.4. The van der Waals surface area contributed by atoms with Crippen LogP contribution in [0, 0.1) is 6.92 Å². The molecule has 20 heavy (non-hydrogen) atoms. The summed E-state index contributed by atoms with van der Waals surface area (Å²) in [6, 6.07) is 0.807. The Labute approximate surface area is 109 Å². The third-order valence-electron chi connectivity index (χ3n) is 2.07. The first-order valence-electron chi connectivity index (χ1n) is 5.31. The summed E-state index contributed by atoms with van der Waals surface area (Å²) in [6.07, 6.45) is -4.63. The number of nitrogens with zero attached hydrogens (tertiary/aromatic N) is 3. The Morgan fingerprint density at radius 3 is 2.80 bits per heavy atom. The number of amides is 2. The van der Waals surface area contributed by atoms with Gasteiger partial charge in [0.05, 0.1) is 12.2 Å². The number of alkyl halides is 3. The number of anilines is 1. The molecule has 0 spiro atoms. The number of nitrogens with one attached hydrogen (secondary N) is 3. The third-order valence-corrected chi connectivity index (χ3v) is 2.07. The minimum Gasteiger partial charge on any atom is -0.338 e. The molecule has 0 bridgehead atoms. The zero-order chi connectivity index (χ0) is 14.8. The lowest BCUT2D eigenvalue weighted by molar-refractivity contribution is -0.144. The molecule has 0 radical (unpaired) electrons. The molecule has 11 heteroatoms. The van der Waals surface area contributed by atoms with Crippen LogP contribution in [0.2, 0.25) is 0 Å². The van der Waals surface area contributed by atoms with Gasteiger partial charge in [0.25, 0.3) is 5.82 Å². The van der Waals surface area contributed by atoms with Crippen LogP contribution >= 0.6 is 0 Å². The van der Waals surface area contributed by atoms with Crippen molar-refractivity contribution in [2.45, 2.75) is 19.6 Å². The van der Waals surface area contributed by atoms with Crippen molar-refractivity contribution in [3.05, 3.63) is 23.4 Å². The molecular formula is C9H9F3N6O2. The highest BCUT2D eigenvalue weighted by molar-refractivity contribution is 5.87. The predicted molar refractivity (Wildman–Crippen MR) is 58.5 cm³/mol. The largest absolute Gasteiger partial charge is 0.453 e. The number of aromatic nitrogens is 4. The van der Waals surface area contributed by atoms with Crippen LogP contribution in [-0.2, 0) is 12.7 Å². The number of H-pyrrole nitrogens is 1. The smallest absolute Gasteiger partial charge is 0.338 e. The number of aromatic amines is 1. The Hall–Kier alpha value is -2.59. The summed E-state index contributed by atoms with van der Waals surface area (Å²) in [7, 11) is 0. The van der Waals surface area contributed by atoms with Crippen LogP contribution in [0.25, 0.3) is 0 Å². The van der Waals surface area contributed by atoms with Gasteiger partial charge in [-0.05, 0) is 6.92 Å². The standard InChI is InChI=1S/C9H9F3N6O2/c1-4-2-6(20-18-4)15-8(19)13-3-5-14-7(17-16-5)9(10,11)12/h2H,3H2,1H3,(H2,13,15,19)(H,14,16,17). The van der Waals surface area contributed by atoms with Gasteiger partial charge in [0, 0.05) is 6.07 Å². The van der Waals surface area contributed by atoms with E-state index in [0.29, 0.717) is 5.69 Å². The number of hydrogen-bond donors (Lipinski definition) is 3. The van der Waals surface area contributed by atoms with E-state index in [1.165, 1.54) is 6.07 Å². The zero-order valence-electron chi connectivity index (χ0n) is 10.1. The van der Waals surface area contributed by atoms with E-state index >= 15 is 0 Å². The van der Waals surface area contributed by atoms with Crippen LogP contribution < -0.4 is 10.6 Å². The Balaban J connectivity index is 1.86. The summed E-state index contributed by atoms with van der Waals surface area (Å²) in [5.74, 6) is -1.30. The maximum atomic E-state index is 12.2. The molecule has 0 saturated carbocycles. The highest BCUT2D eigenvalue weighted by Gasteiger charge is 2.35. The Morgan fingerprint density at radius 1 is 1.50 bits per heavy atom. The Morgan fingerprint density at radius 2 is 2.25 bits per heavy atom. The van der Waals surface area contributed by atoms with Crippen LogP contribution in [0.1, 0.15) is 17.3 Å². The van der Waals surface area contributed by atoms with Crippen molar-refractivity contribution in [3.63, 3.8) is 0 Å². The molecule has 2 rings (SSSR count). The van der Waals surface area contributed by atoms with E-state index in [-0.39, 0.29) is 18.3 Å². The van der Waals surface area contributed by atoms with Crippen LogP contribution in [0.4, 0.5) is 23.8 Å². The maximum Gasteiger partial charge on any atom is 0.453 e. The van der Waals surface area contributed by atoms with Gasteiger partial charge in [0.1, 0.15) is 5.82 Å². The van der Waals surface area contributed by atoms with E-state index in [2.05, 4.69) is 31.0 Å². The zero-order valence-corrected chi connectivity index (χ0v) is 10.1. The molecular weight excluding hydrogens is 281 g/mol. The minimum absolute atomic E-state index is 0.119. The van der Waals surface area contributed by atoms with Crippen molar-refractivity contribution in [2.24, 2.45) is 0 Å². The van der Waals surface area contributed by atoms with E-state index in [1.807, 2.05) is 0 Å². The Bertz CT molecular complexity index is 605. The summed E-state index contributed by atoms with van der Waals surface area (Å²) in [5.41, 5.74) is 0.574. The molecule has 0 aliphatic heterocycles. The van der Waals surface area contributed by atoms with Crippen molar-refractivity contribution < 1.29 is 22.5 Å². The first-order valence-corrected chi connectivity index (χ1v) is 5.31. The third kappa shape index (κ3) is 3.46. The molecule has 3 N–H and O–H groups in total. The molecule has 0 aliphatic rings. The van der Waals surface area contributed by atoms with Gasteiger partial charge in [-0.2, -0.15) is 13.2 Å². The minimum atomic E-state index is -4.63. The van der Waals surface area contributed by atoms with E-state index in [0.717, 1.165) is 0 Å². The highest BCUT2D eigenvalue weighted by atomic mass is 19.4. The molecule has 0 aromatic carbocycles. The quantitative estimate of drug-likeness (QED) is 0.792. The average Bonchev–Trinajstić information content (AvgIpc) is 2.95. The van der Waals surface area contributed by atoms with Crippen molar-refractivity contribution in [3.8, 4) is 0 Å². The second-order valence-electron chi connectivity index (χ2n) is 3.74. The second-order valence-corrected chi connectivity index (χ2v) is 3.74. The monoisotopic (exact) mass is 290 g/mol. The van der Waals surface area contributed by atoms with Crippen molar-refractivity contribution in [2.75, 3.05) is 5.32 Å².